The average Bonchev–Trinajstić information content (AvgIpc) is 2.83. The highest BCUT2D eigenvalue weighted by Crippen LogP contribution is 2.28. The van der Waals surface area contributed by atoms with Gasteiger partial charge in [-0.1, -0.05) is 18.5 Å². The quantitative estimate of drug-likeness (QED) is 0.869. The van der Waals surface area contributed by atoms with Crippen molar-refractivity contribution in [2.75, 3.05) is 11.4 Å². The lowest BCUT2D eigenvalue weighted by Crippen LogP contribution is -2.40. The number of carbonyl (C=O) groups is 2. The molecule has 1 aliphatic rings. The number of nitrogens with one attached hydrogen (secondary N) is 1. The molecule has 2 amide bonds. The molecule has 1 heterocycles. The van der Waals surface area contributed by atoms with Gasteiger partial charge in [0.05, 0.1) is 5.02 Å². The van der Waals surface area contributed by atoms with E-state index in [0.717, 1.165) is 6.42 Å². The smallest absolute Gasteiger partial charge is 0.239 e. The fourth-order valence-electron chi connectivity index (χ4n) is 2.28. The van der Waals surface area contributed by atoms with Gasteiger partial charge in [0.1, 0.15) is 11.7 Å². The molecule has 21 heavy (non-hydrogen) atoms. The van der Waals surface area contributed by atoms with Crippen molar-refractivity contribution in [3.05, 3.63) is 29.0 Å². The SMILES string of the molecule is CCC(C)NC(=O)C1CCN(c2ccc(F)c(Cl)c2)C1=O. The Labute approximate surface area is 128 Å². The largest absolute Gasteiger partial charge is 0.353 e. The van der Waals surface area contributed by atoms with Crippen molar-refractivity contribution in [1.82, 2.24) is 5.32 Å². The van der Waals surface area contributed by atoms with Crippen LogP contribution in [0.25, 0.3) is 0 Å². The van der Waals surface area contributed by atoms with E-state index in [1.807, 2.05) is 13.8 Å². The Kier molecular flexibility index (Phi) is 4.83. The average molecular weight is 313 g/mol. The Morgan fingerprint density at radius 1 is 1.57 bits per heavy atom. The fourth-order valence-corrected chi connectivity index (χ4v) is 2.45. The van der Waals surface area contributed by atoms with Crippen LogP contribution in [0.2, 0.25) is 5.02 Å². The molecule has 0 aliphatic carbocycles. The maximum atomic E-state index is 13.2. The van der Waals surface area contributed by atoms with Crippen LogP contribution in [0.3, 0.4) is 0 Å². The Bertz CT molecular complexity index is 565. The van der Waals surface area contributed by atoms with E-state index in [9.17, 15) is 14.0 Å². The predicted octanol–water partition coefficient (Wildman–Crippen LogP) is 2.75. The maximum Gasteiger partial charge on any atom is 0.239 e. The molecule has 2 atom stereocenters. The molecule has 1 saturated heterocycles. The first-order chi connectivity index (χ1) is 9.93. The van der Waals surface area contributed by atoms with Crippen LogP contribution in [0.4, 0.5) is 10.1 Å². The Hall–Kier alpha value is -1.62. The Balaban J connectivity index is 2.10. The van der Waals surface area contributed by atoms with Gasteiger partial charge < -0.3 is 10.2 Å². The van der Waals surface area contributed by atoms with E-state index in [0.29, 0.717) is 18.7 Å². The molecule has 6 heteroatoms. The summed E-state index contributed by atoms with van der Waals surface area (Å²) >= 11 is 5.73. The van der Waals surface area contributed by atoms with Gasteiger partial charge in [0.15, 0.2) is 0 Å². The first-order valence-corrected chi connectivity index (χ1v) is 7.38. The number of halogens is 2. The molecule has 0 saturated carbocycles. The van der Waals surface area contributed by atoms with Crippen molar-refractivity contribution < 1.29 is 14.0 Å². The number of carbonyl (C=O) groups excluding carboxylic acids is 2. The third kappa shape index (κ3) is 3.35. The zero-order valence-electron chi connectivity index (χ0n) is 12.0. The Morgan fingerprint density at radius 2 is 2.29 bits per heavy atom. The van der Waals surface area contributed by atoms with Gasteiger partial charge in [-0.05, 0) is 38.0 Å². The zero-order chi connectivity index (χ0) is 15.6. The number of hydrogen-bond donors (Lipinski definition) is 1. The second-order valence-corrected chi connectivity index (χ2v) is 5.65. The van der Waals surface area contributed by atoms with Crippen molar-refractivity contribution in [3.8, 4) is 0 Å². The van der Waals surface area contributed by atoms with Gasteiger partial charge in [-0.2, -0.15) is 0 Å². The topological polar surface area (TPSA) is 49.4 Å². The molecule has 114 valence electrons. The number of hydrogen-bond acceptors (Lipinski definition) is 2. The van der Waals surface area contributed by atoms with Crippen molar-refractivity contribution in [1.29, 1.82) is 0 Å². The van der Waals surface area contributed by atoms with Gasteiger partial charge in [0.2, 0.25) is 11.8 Å². The van der Waals surface area contributed by atoms with E-state index in [4.69, 9.17) is 11.6 Å². The summed E-state index contributed by atoms with van der Waals surface area (Å²) in [6.07, 6.45) is 1.26. The van der Waals surface area contributed by atoms with Crippen molar-refractivity contribution >= 4 is 29.1 Å². The lowest BCUT2D eigenvalue weighted by Gasteiger charge is -2.18. The second-order valence-electron chi connectivity index (χ2n) is 5.25. The molecule has 1 fully saturated rings. The zero-order valence-corrected chi connectivity index (χ0v) is 12.8. The van der Waals surface area contributed by atoms with Crippen LogP contribution < -0.4 is 10.2 Å². The summed E-state index contributed by atoms with van der Waals surface area (Å²) in [5.74, 6) is -1.72. The normalized spacial score (nSPS) is 19.7. The molecule has 0 radical (unpaired) electrons. The molecule has 1 aromatic carbocycles. The lowest BCUT2D eigenvalue weighted by molar-refractivity contribution is -0.132. The van der Waals surface area contributed by atoms with Crippen LogP contribution in [-0.4, -0.2) is 24.4 Å². The van der Waals surface area contributed by atoms with Crippen LogP contribution in [0, 0.1) is 11.7 Å². The number of rotatable bonds is 4. The summed E-state index contributed by atoms with van der Waals surface area (Å²) in [6.45, 7) is 4.29. The van der Waals surface area contributed by atoms with E-state index in [-0.39, 0.29) is 22.9 Å². The Morgan fingerprint density at radius 3 is 2.90 bits per heavy atom. The minimum Gasteiger partial charge on any atom is -0.353 e. The van der Waals surface area contributed by atoms with E-state index in [1.54, 1.807) is 0 Å². The van der Waals surface area contributed by atoms with Crippen molar-refractivity contribution in [3.63, 3.8) is 0 Å². The van der Waals surface area contributed by atoms with E-state index in [2.05, 4.69) is 5.32 Å². The number of amides is 2. The lowest BCUT2D eigenvalue weighted by atomic mass is 10.1. The first kappa shape index (κ1) is 15.8. The third-order valence-electron chi connectivity index (χ3n) is 3.74. The fraction of sp³-hybridized carbons (Fsp3) is 0.467. The summed E-state index contributed by atoms with van der Waals surface area (Å²) in [7, 11) is 0. The maximum absolute atomic E-state index is 13.2. The monoisotopic (exact) mass is 312 g/mol. The molecule has 0 spiro atoms. The standard InChI is InChI=1S/C15H18ClFN2O2/c1-3-9(2)18-14(20)11-6-7-19(15(11)21)10-4-5-13(17)12(16)8-10/h4-5,8-9,11H,3,6-7H2,1-2H3,(H,18,20). The minimum absolute atomic E-state index is 0.0344. The number of anilines is 1. The van der Waals surface area contributed by atoms with Crippen LogP contribution in [-0.2, 0) is 9.59 Å². The second kappa shape index (κ2) is 6.43. The molecule has 1 N–H and O–H groups in total. The molecular weight excluding hydrogens is 295 g/mol. The first-order valence-electron chi connectivity index (χ1n) is 7.00. The van der Waals surface area contributed by atoms with E-state index < -0.39 is 11.7 Å². The van der Waals surface area contributed by atoms with Crippen LogP contribution in [0.1, 0.15) is 26.7 Å². The third-order valence-corrected chi connectivity index (χ3v) is 4.03. The van der Waals surface area contributed by atoms with Crippen molar-refractivity contribution in [2.24, 2.45) is 5.92 Å². The van der Waals surface area contributed by atoms with Crippen LogP contribution >= 0.6 is 11.6 Å². The molecule has 0 aromatic heterocycles. The molecule has 1 aromatic rings. The van der Waals surface area contributed by atoms with Gasteiger partial charge in [-0.3, -0.25) is 9.59 Å². The highest BCUT2D eigenvalue weighted by Gasteiger charge is 2.37. The summed E-state index contributed by atoms with van der Waals surface area (Å²) in [4.78, 5) is 25.9. The van der Waals surface area contributed by atoms with Gasteiger partial charge in [-0.15, -0.1) is 0 Å². The van der Waals surface area contributed by atoms with E-state index in [1.165, 1.54) is 23.1 Å². The minimum atomic E-state index is -0.678. The summed E-state index contributed by atoms with van der Waals surface area (Å²) in [5.41, 5.74) is 0.519. The number of nitrogens with zero attached hydrogens (tertiary/aromatic N) is 1. The molecule has 2 rings (SSSR count). The molecule has 0 bridgehead atoms. The molecular formula is C15H18ClFN2O2. The predicted molar refractivity (Wildman–Crippen MR) is 79.8 cm³/mol. The number of benzene rings is 1. The summed E-state index contributed by atoms with van der Waals surface area (Å²) in [6, 6.07) is 4.16. The van der Waals surface area contributed by atoms with Crippen molar-refractivity contribution in [2.45, 2.75) is 32.7 Å². The van der Waals surface area contributed by atoms with E-state index >= 15 is 0 Å². The molecule has 2 unspecified atom stereocenters. The van der Waals surface area contributed by atoms with Gasteiger partial charge >= 0.3 is 0 Å². The van der Waals surface area contributed by atoms with Gasteiger partial charge in [0, 0.05) is 18.3 Å². The molecule has 1 aliphatic heterocycles. The summed E-state index contributed by atoms with van der Waals surface area (Å²) < 4.78 is 13.2. The van der Waals surface area contributed by atoms with Gasteiger partial charge in [0.25, 0.3) is 0 Å². The van der Waals surface area contributed by atoms with Crippen LogP contribution in [0.5, 0.6) is 0 Å². The van der Waals surface area contributed by atoms with Crippen LogP contribution in [0.15, 0.2) is 18.2 Å². The van der Waals surface area contributed by atoms with Gasteiger partial charge in [-0.25, -0.2) is 4.39 Å². The molecule has 4 nitrogen and oxygen atoms in total. The summed E-state index contributed by atoms with van der Waals surface area (Å²) in [5, 5.41) is 2.79. The highest BCUT2D eigenvalue weighted by atomic mass is 35.5. The highest BCUT2D eigenvalue weighted by molar-refractivity contribution is 6.31.